The molecule has 1 aromatic heterocycles. The van der Waals surface area contributed by atoms with Gasteiger partial charge in [-0.1, -0.05) is 27.5 Å². The molecule has 0 N–H and O–H groups in total. The van der Waals surface area contributed by atoms with Crippen LogP contribution in [-0.2, 0) is 6.42 Å². The largest absolute Gasteiger partial charge is 0.441 e. The Bertz CT molecular complexity index is 344. The topological polar surface area (TPSA) is 48.0 Å². The van der Waals surface area contributed by atoms with Gasteiger partial charge in [-0.05, 0) is 12.8 Å². The van der Waals surface area contributed by atoms with Gasteiger partial charge in [-0.3, -0.25) is 9.09 Å². The summed E-state index contributed by atoms with van der Waals surface area (Å²) in [5, 5.41) is 4.56. The van der Waals surface area contributed by atoms with Crippen molar-refractivity contribution in [2.45, 2.75) is 31.7 Å². The van der Waals surface area contributed by atoms with Gasteiger partial charge in [0.2, 0.25) is 0 Å². The number of rotatable bonds is 1. The van der Waals surface area contributed by atoms with Crippen molar-refractivity contribution in [3.8, 4) is 0 Å². The summed E-state index contributed by atoms with van der Waals surface area (Å²) in [7, 11) is 0. The zero-order chi connectivity index (χ0) is 9.26. The number of halogens is 1. The number of hydrogen-bond donors (Lipinski definition) is 0. The van der Waals surface area contributed by atoms with E-state index >= 15 is 0 Å². The van der Waals surface area contributed by atoms with Crippen molar-refractivity contribution in [2.24, 2.45) is 0 Å². The third-order valence-electron chi connectivity index (χ3n) is 2.43. The summed E-state index contributed by atoms with van der Waals surface area (Å²) in [5.74, 6) is 0.480. The average Bonchev–Trinajstić information content (AvgIpc) is 2.39. The van der Waals surface area contributed by atoms with E-state index in [0.29, 0.717) is 0 Å². The summed E-state index contributed by atoms with van der Waals surface area (Å²) in [4.78, 5) is 11.3. The predicted molar refractivity (Wildman–Crippen MR) is 51.1 cm³/mol. The van der Waals surface area contributed by atoms with Gasteiger partial charge in [-0.25, -0.2) is 4.79 Å². The van der Waals surface area contributed by atoms with Gasteiger partial charge in [-0.2, -0.15) is 0 Å². The maximum absolute atomic E-state index is 11.3. The fourth-order valence-corrected chi connectivity index (χ4v) is 2.36. The summed E-state index contributed by atoms with van der Waals surface area (Å²) < 4.78 is 6.32. The summed E-state index contributed by atoms with van der Waals surface area (Å²) in [6.45, 7) is 0. The molecule has 0 radical (unpaired) electrons. The minimum atomic E-state index is -0.318. The number of nitrogens with zero attached hydrogens (tertiary/aromatic N) is 2. The van der Waals surface area contributed by atoms with Crippen LogP contribution in [0.1, 0.15) is 31.1 Å². The Labute approximate surface area is 84.0 Å². The summed E-state index contributed by atoms with van der Waals surface area (Å²) >= 11 is 3.41. The molecule has 1 aromatic rings. The molecule has 1 aliphatic heterocycles. The van der Waals surface area contributed by atoms with Crippen LogP contribution in [0.4, 0.5) is 0 Å². The molecular formula is C8H11BrN2O2. The highest BCUT2D eigenvalue weighted by molar-refractivity contribution is 9.09. The fraction of sp³-hybridized carbons (Fsp3) is 0.750. The SMILES string of the molecule is O=c1onc2n1C(CBr)CCCC2. The van der Waals surface area contributed by atoms with Gasteiger partial charge in [0.1, 0.15) is 0 Å². The lowest BCUT2D eigenvalue weighted by Gasteiger charge is -2.11. The lowest BCUT2D eigenvalue weighted by molar-refractivity contribution is 0.360. The summed E-state index contributed by atoms with van der Waals surface area (Å²) in [6, 6.07) is 0.219. The highest BCUT2D eigenvalue weighted by Crippen LogP contribution is 2.22. The van der Waals surface area contributed by atoms with Crippen LogP contribution in [0.3, 0.4) is 0 Å². The van der Waals surface area contributed by atoms with E-state index in [1.54, 1.807) is 4.57 Å². The standard InChI is InChI=1S/C8H11BrN2O2/c9-5-6-3-1-2-4-7-10-13-8(12)11(6)7/h6H,1-5H2. The Morgan fingerprint density at radius 3 is 3.23 bits per heavy atom. The quantitative estimate of drug-likeness (QED) is 0.706. The van der Waals surface area contributed by atoms with Gasteiger partial charge in [0.25, 0.3) is 0 Å². The Kier molecular flexibility index (Phi) is 2.53. The predicted octanol–water partition coefficient (Wildman–Crippen LogP) is 1.50. The molecule has 2 rings (SSSR count). The number of aryl methyl sites for hydroxylation is 1. The van der Waals surface area contributed by atoms with Crippen molar-refractivity contribution in [1.82, 2.24) is 9.72 Å². The normalized spacial score (nSPS) is 22.4. The van der Waals surface area contributed by atoms with E-state index in [9.17, 15) is 4.79 Å². The molecule has 72 valence electrons. The minimum Gasteiger partial charge on any atom is -0.296 e. The van der Waals surface area contributed by atoms with Gasteiger partial charge in [-0.15, -0.1) is 0 Å². The first-order valence-corrected chi connectivity index (χ1v) is 5.58. The molecule has 1 unspecified atom stereocenters. The summed E-state index contributed by atoms with van der Waals surface area (Å²) in [5.41, 5.74) is 0. The third-order valence-corrected chi connectivity index (χ3v) is 3.18. The molecular weight excluding hydrogens is 236 g/mol. The number of fused-ring (bicyclic) bond motifs is 1. The molecule has 2 heterocycles. The second-order valence-corrected chi connectivity index (χ2v) is 3.94. The molecule has 0 amide bonds. The van der Waals surface area contributed by atoms with E-state index < -0.39 is 0 Å². The maximum Gasteiger partial charge on any atom is 0.441 e. The Morgan fingerprint density at radius 1 is 1.62 bits per heavy atom. The number of hydrogen-bond acceptors (Lipinski definition) is 3. The van der Waals surface area contributed by atoms with Gasteiger partial charge in [0.15, 0.2) is 5.82 Å². The molecule has 0 bridgehead atoms. The number of aromatic nitrogens is 2. The molecule has 4 nitrogen and oxygen atoms in total. The van der Waals surface area contributed by atoms with E-state index in [1.807, 2.05) is 0 Å². The van der Waals surface area contributed by atoms with Crippen molar-refractivity contribution in [3.63, 3.8) is 0 Å². The first-order valence-electron chi connectivity index (χ1n) is 4.46. The van der Waals surface area contributed by atoms with Crippen molar-refractivity contribution >= 4 is 15.9 Å². The molecule has 5 heteroatoms. The van der Waals surface area contributed by atoms with E-state index in [2.05, 4.69) is 25.6 Å². The molecule has 0 spiro atoms. The van der Waals surface area contributed by atoms with Crippen LogP contribution >= 0.6 is 15.9 Å². The van der Waals surface area contributed by atoms with Crippen molar-refractivity contribution in [1.29, 1.82) is 0 Å². The Hall–Kier alpha value is -0.580. The van der Waals surface area contributed by atoms with Gasteiger partial charge in [0, 0.05) is 11.8 Å². The maximum atomic E-state index is 11.3. The van der Waals surface area contributed by atoms with Crippen molar-refractivity contribution < 1.29 is 4.52 Å². The zero-order valence-corrected chi connectivity index (χ0v) is 8.79. The smallest absolute Gasteiger partial charge is 0.296 e. The van der Waals surface area contributed by atoms with Crippen LogP contribution in [0, 0.1) is 0 Å². The molecule has 0 aromatic carbocycles. The van der Waals surface area contributed by atoms with Gasteiger partial charge < -0.3 is 0 Å². The van der Waals surface area contributed by atoms with Crippen molar-refractivity contribution in [3.05, 3.63) is 16.4 Å². The Balaban J connectivity index is 2.44. The highest BCUT2D eigenvalue weighted by Gasteiger charge is 2.21. The average molecular weight is 247 g/mol. The van der Waals surface area contributed by atoms with Crippen LogP contribution in [0.2, 0.25) is 0 Å². The van der Waals surface area contributed by atoms with Gasteiger partial charge >= 0.3 is 5.76 Å². The monoisotopic (exact) mass is 246 g/mol. The fourth-order valence-electron chi connectivity index (χ4n) is 1.75. The minimum absolute atomic E-state index is 0.219. The van der Waals surface area contributed by atoms with E-state index in [-0.39, 0.29) is 11.8 Å². The molecule has 0 saturated heterocycles. The van der Waals surface area contributed by atoms with Crippen LogP contribution in [0.5, 0.6) is 0 Å². The zero-order valence-electron chi connectivity index (χ0n) is 7.20. The molecule has 1 atom stereocenters. The first kappa shape index (κ1) is 8.99. The van der Waals surface area contributed by atoms with Crippen LogP contribution in [0.15, 0.2) is 9.32 Å². The second-order valence-electron chi connectivity index (χ2n) is 3.29. The summed E-state index contributed by atoms with van der Waals surface area (Å²) in [6.07, 6.45) is 4.13. The van der Waals surface area contributed by atoms with Crippen LogP contribution < -0.4 is 5.76 Å². The molecule has 0 saturated carbocycles. The van der Waals surface area contributed by atoms with Crippen LogP contribution in [0.25, 0.3) is 0 Å². The first-order chi connectivity index (χ1) is 6.33. The molecule has 1 aliphatic rings. The van der Waals surface area contributed by atoms with E-state index in [0.717, 1.165) is 36.8 Å². The lowest BCUT2D eigenvalue weighted by Crippen LogP contribution is -2.22. The third kappa shape index (κ3) is 1.57. The molecule has 0 fully saturated rings. The van der Waals surface area contributed by atoms with Crippen molar-refractivity contribution in [2.75, 3.05) is 5.33 Å². The lowest BCUT2D eigenvalue weighted by atomic mass is 10.1. The second kappa shape index (κ2) is 3.65. The van der Waals surface area contributed by atoms with Crippen LogP contribution in [-0.4, -0.2) is 15.1 Å². The van der Waals surface area contributed by atoms with Gasteiger partial charge in [0.05, 0.1) is 6.04 Å². The molecule has 0 aliphatic carbocycles. The van der Waals surface area contributed by atoms with E-state index in [4.69, 9.17) is 0 Å². The number of alkyl halides is 1. The molecule has 13 heavy (non-hydrogen) atoms. The Morgan fingerprint density at radius 2 is 2.46 bits per heavy atom. The van der Waals surface area contributed by atoms with E-state index in [1.165, 1.54) is 0 Å². The highest BCUT2D eigenvalue weighted by atomic mass is 79.9.